The lowest BCUT2D eigenvalue weighted by atomic mass is 10.0. The van der Waals surface area contributed by atoms with Crippen LogP contribution in [0.3, 0.4) is 0 Å². The van der Waals surface area contributed by atoms with E-state index in [9.17, 15) is 0 Å². The summed E-state index contributed by atoms with van der Waals surface area (Å²) in [6.07, 6.45) is 1.03. The molecule has 14 heavy (non-hydrogen) atoms. The molecule has 0 radical (unpaired) electrons. The van der Waals surface area contributed by atoms with Crippen LogP contribution in [0.25, 0.3) is 0 Å². The maximum Gasteiger partial charge on any atom is 0.0772 e. The van der Waals surface area contributed by atoms with E-state index in [1.165, 1.54) is 4.88 Å². The maximum absolute atomic E-state index is 5.45. The molecular weight excluding hydrogens is 194 g/mol. The van der Waals surface area contributed by atoms with Crippen molar-refractivity contribution in [2.75, 3.05) is 13.7 Å². The quantitative estimate of drug-likeness (QED) is 0.784. The fourth-order valence-electron chi connectivity index (χ4n) is 1.20. The van der Waals surface area contributed by atoms with E-state index < -0.39 is 0 Å². The molecule has 3 heteroatoms. The van der Waals surface area contributed by atoms with Crippen LogP contribution in [0, 0.1) is 0 Å². The fraction of sp³-hybridized carbons (Fsp3) is 0.636. The smallest absolute Gasteiger partial charge is 0.0772 e. The van der Waals surface area contributed by atoms with Crippen molar-refractivity contribution in [1.82, 2.24) is 5.32 Å². The lowest BCUT2D eigenvalue weighted by Gasteiger charge is -2.26. The lowest BCUT2D eigenvalue weighted by molar-refractivity contribution is 0.00353. The molecule has 0 amide bonds. The molecule has 1 aromatic heterocycles. The molecule has 0 aliphatic carbocycles. The fourth-order valence-corrected chi connectivity index (χ4v) is 1.88. The summed E-state index contributed by atoms with van der Waals surface area (Å²) in [4.78, 5) is 1.37. The van der Waals surface area contributed by atoms with Crippen LogP contribution in [0.5, 0.6) is 0 Å². The van der Waals surface area contributed by atoms with E-state index in [4.69, 9.17) is 4.74 Å². The van der Waals surface area contributed by atoms with Gasteiger partial charge in [0.1, 0.15) is 0 Å². The van der Waals surface area contributed by atoms with Crippen molar-refractivity contribution in [2.24, 2.45) is 0 Å². The third-order valence-electron chi connectivity index (χ3n) is 2.62. The molecule has 1 atom stereocenters. The van der Waals surface area contributed by atoms with E-state index in [0.29, 0.717) is 0 Å². The molecule has 0 saturated carbocycles. The molecule has 0 aliphatic heterocycles. The molecule has 0 saturated heterocycles. The monoisotopic (exact) mass is 213 g/mol. The molecule has 0 bridgehead atoms. The maximum atomic E-state index is 5.45. The average Bonchev–Trinajstić information content (AvgIpc) is 2.70. The summed E-state index contributed by atoms with van der Waals surface area (Å²) in [6, 6.07) is 4.23. The molecule has 0 aliphatic rings. The Kier molecular flexibility index (Phi) is 4.58. The molecule has 1 heterocycles. The minimum Gasteiger partial charge on any atom is -0.377 e. The van der Waals surface area contributed by atoms with Gasteiger partial charge in [0.2, 0.25) is 0 Å². The number of hydrogen-bond acceptors (Lipinski definition) is 3. The van der Waals surface area contributed by atoms with E-state index >= 15 is 0 Å². The predicted octanol–water partition coefficient (Wildman–Crippen LogP) is 2.65. The van der Waals surface area contributed by atoms with Gasteiger partial charge in [0.15, 0.2) is 0 Å². The highest BCUT2D eigenvalue weighted by molar-refractivity contribution is 7.09. The second-order valence-corrected chi connectivity index (χ2v) is 4.72. The second kappa shape index (κ2) is 5.49. The van der Waals surface area contributed by atoms with Crippen LogP contribution in [-0.4, -0.2) is 19.3 Å². The van der Waals surface area contributed by atoms with Gasteiger partial charge in [-0.05, 0) is 24.8 Å². The van der Waals surface area contributed by atoms with Gasteiger partial charge in [-0.3, -0.25) is 0 Å². The first-order chi connectivity index (χ1) is 6.70. The van der Waals surface area contributed by atoms with E-state index in [1.54, 1.807) is 18.4 Å². The molecule has 1 aromatic rings. The summed E-state index contributed by atoms with van der Waals surface area (Å²) in [5.41, 5.74) is -0.0305. The van der Waals surface area contributed by atoms with Crippen molar-refractivity contribution >= 4 is 11.3 Å². The van der Waals surface area contributed by atoms with Crippen molar-refractivity contribution in [3.8, 4) is 0 Å². The normalized spacial score (nSPS) is 15.4. The predicted molar refractivity (Wildman–Crippen MR) is 61.7 cm³/mol. The van der Waals surface area contributed by atoms with Gasteiger partial charge in [-0.1, -0.05) is 13.0 Å². The van der Waals surface area contributed by atoms with Gasteiger partial charge in [-0.25, -0.2) is 0 Å². The molecule has 0 fully saturated rings. The average molecular weight is 213 g/mol. The summed E-state index contributed by atoms with van der Waals surface area (Å²) in [7, 11) is 1.77. The Hall–Kier alpha value is -0.380. The Morgan fingerprint density at radius 2 is 2.36 bits per heavy atom. The summed E-state index contributed by atoms with van der Waals surface area (Å²) in [5.74, 6) is 0. The highest BCUT2D eigenvalue weighted by Crippen LogP contribution is 2.13. The van der Waals surface area contributed by atoms with Gasteiger partial charge >= 0.3 is 0 Å². The summed E-state index contributed by atoms with van der Waals surface area (Å²) in [5, 5.41) is 5.52. The molecule has 1 unspecified atom stereocenters. The van der Waals surface area contributed by atoms with Crippen molar-refractivity contribution < 1.29 is 4.74 Å². The largest absolute Gasteiger partial charge is 0.377 e. The minimum atomic E-state index is -0.0305. The number of ether oxygens (including phenoxy) is 1. The number of hydrogen-bond donors (Lipinski definition) is 1. The minimum absolute atomic E-state index is 0.0305. The summed E-state index contributed by atoms with van der Waals surface area (Å²) in [6.45, 7) is 6.12. The van der Waals surface area contributed by atoms with Gasteiger partial charge < -0.3 is 10.1 Å². The molecule has 2 nitrogen and oxygen atoms in total. The van der Waals surface area contributed by atoms with Crippen molar-refractivity contribution in [3.05, 3.63) is 22.4 Å². The van der Waals surface area contributed by atoms with E-state index in [1.807, 2.05) is 0 Å². The molecule has 1 N–H and O–H groups in total. The highest BCUT2D eigenvalue weighted by atomic mass is 32.1. The van der Waals surface area contributed by atoms with Crippen LogP contribution in [0.2, 0.25) is 0 Å². The summed E-state index contributed by atoms with van der Waals surface area (Å²) >= 11 is 1.79. The third-order valence-corrected chi connectivity index (χ3v) is 3.50. The Labute approximate surface area is 90.3 Å². The second-order valence-electron chi connectivity index (χ2n) is 3.69. The molecule has 0 aromatic carbocycles. The topological polar surface area (TPSA) is 21.3 Å². The summed E-state index contributed by atoms with van der Waals surface area (Å²) < 4.78 is 5.45. The first-order valence-corrected chi connectivity index (χ1v) is 5.86. The molecule has 0 spiro atoms. The van der Waals surface area contributed by atoms with Crippen LogP contribution in [0.1, 0.15) is 25.1 Å². The Balaban J connectivity index is 2.27. The van der Waals surface area contributed by atoms with E-state index in [2.05, 4.69) is 36.7 Å². The van der Waals surface area contributed by atoms with Gasteiger partial charge in [0.25, 0.3) is 0 Å². The SMILES string of the molecule is CCC(C)(CNCc1cccs1)OC. The van der Waals surface area contributed by atoms with Crippen LogP contribution < -0.4 is 5.32 Å². The van der Waals surface area contributed by atoms with Gasteiger partial charge in [0, 0.05) is 25.1 Å². The van der Waals surface area contributed by atoms with Crippen molar-refractivity contribution in [1.29, 1.82) is 0 Å². The Morgan fingerprint density at radius 3 is 2.86 bits per heavy atom. The number of thiophene rings is 1. The van der Waals surface area contributed by atoms with E-state index in [-0.39, 0.29) is 5.60 Å². The van der Waals surface area contributed by atoms with Crippen LogP contribution in [-0.2, 0) is 11.3 Å². The van der Waals surface area contributed by atoms with Gasteiger partial charge in [0.05, 0.1) is 5.60 Å². The Bertz CT molecular complexity index is 242. The van der Waals surface area contributed by atoms with Crippen molar-refractivity contribution in [2.45, 2.75) is 32.4 Å². The molecule has 1 rings (SSSR count). The lowest BCUT2D eigenvalue weighted by Crippen LogP contribution is -2.38. The number of rotatable bonds is 6. The zero-order valence-corrected chi connectivity index (χ0v) is 9.99. The van der Waals surface area contributed by atoms with E-state index in [0.717, 1.165) is 19.5 Å². The van der Waals surface area contributed by atoms with Gasteiger partial charge in [-0.15, -0.1) is 11.3 Å². The number of methoxy groups -OCH3 is 1. The molecule has 80 valence electrons. The number of nitrogens with one attached hydrogen (secondary N) is 1. The first kappa shape index (κ1) is 11.7. The van der Waals surface area contributed by atoms with Crippen LogP contribution in [0.15, 0.2) is 17.5 Å². The zero-order chi connectivity index (χ0) is 10.4. The third kappa shape index (κ3) is 3.40. The van der Waals surface area contributed by atoms with Crippen molar-refractivity contribution in [3.63, 3.8) is 0 Å². The van der Waals surface area contributed by atoms with Crippen LogP contribution in [0.4, 0.5) is 0 Å². The highest BCUT2D eigenvalue weighted by Gasteiger charge is 2.19. The zero-order valence-electron chi connectivity index (χ0n) is 9.17. The molecular formula is C11H19NOS. The Morgan fingerprint density at radius 1 is 1.57 bits per heavy atom. The van der Waals surface area contributed by atoms with Gasteiger partial charge in [-0.2, -0.15) is 0 Å². The van der Waals surface area contributed by atoms with Crippen LogP contribution >= 0.6 is 11.3 Å². The standard InChI is InChI=1S/C11H19NOS/c1-4-11(2,13-3)9-12-8-10-6-5-7-14-10/h5-7,12H,4,8-9H2,1-3H3. The first-order valence-electron chi connectivity index (χ1n) is 4.98.